The van der Waals surface area contributed by atoms with Crippen LogP contribution < -0.4 is 10.6 Å². The van der Waals surface area contributed by atoms with Crippen molar-refractivity contribution in [1.82, 2.24) is 9.97 Å². The van der Waals surface area contributed by atoms with Gasteiger partial charge in [-0.05, 0) is 23.8 Å². The van der Waals surface area contributed by atoms with Crippen LogP contribution in [0, 0.1) is 0 Å². The Labute approximate surface area is 185 Å². The molecule has 0 amide bonds. The predicted octanol–water partition coefficient (Wildman–Crippen LogP) is 6.17. The lowest BCUT2D eigenvalue weighted by Crippen LogP contribution is -2.20. The molecule has 0 aliphatic rings. The normalized spacial score (nSPS) is 12.3. The third-order valence-electron chi connectivity index (χ3n) is 4.16. The minimum absolute atomic E-state index is 0.143. The van der Waals surface area contributed by atoms with Crippen LogP contribution >= 0.6 is 23.2 Å². The predicted molar refractivity (Wildman–Crippen MR) is 112 cm³/mol. The number of carboxylic acids is 1. The fourth-order valence-corrected chi connectivity index (χ4v) is 3.04. The second kappa shape index (κ2) is 9.40. The lowest BCUT2D eigenvalue weighted by Gasteiger charge is -2.21. The van der Waals surface area contributed by atoms with Gasteiger partial charge < -0.3 is 15.7 Å². The van der Waals surface area contributed by atoms with Crippen LogP contribution in [0.1, 0.15) is 23.6 Å². The molecular weight excluding hydrogens is 456 g/mol. The van der Waals surface area contributed by atoms with Gasteiger partial charge in [-0.2, -0.15) is 18.2 Å². The molecule has 0 bridgehead atoms. The maximum Gasteiger partial charge on any atom is 0.421 e. The van der Waals surface area contributed by atoms with E-state index in [1.165, 1.54) is 12.1 Å². The minimum Gasteiger partial charge on any atom is -0.481 e. The van der Waals surface area contributed by atoms with Crippen LogP contribution in [0.15, 0.2) is 54.7 Å². The van der Waals surface area contributed by atoms with E-state index >= 15 is 0 Å². The fourth-order valence-electron chi connectivity index (χ4n) is 2.74. The highest BCUT2D eigenvalue weighted by Gasteiger charge is 2.36. The molecule has 3 aromatic rings. The van der Waals surface area contributed by atoms with Crippen LogP contribution in [0.2, 0.25) is 10.0 Å². The Balaban J connectivity index is 1.97. The van der Waals surface area contributed by atoms with Gasteiger partial charge in [-0.3, -0.25) is 4.79 Å². The van der Waals surface area contributed by atoms with E-state index in [1.807, 2.05) is 0 Å². The first-order valence-corrected chi connectivity index (χ1v) is 9.58. The molecular formula is C20H15Cl2F3N4O2. The molecule has 1 atom stereocenters. The number of rotatable bonds is 7. The van der Waals surface area contributed by atoms with Gasteiger partial charge in [0.25, 0.3) is 0 Å². The summed E-state index contributed by atoms with van der Waals surface area (Å²) in [6.45, 7) is 0. The molecule has 1 heterocycles. The van der Waals surface area contributed by atoms with Gasteiger partial charge >= 0.3 is 12.1 Å². The molecule has 0 radical (unpaired) electrons. The Kier molecular flexibility index (Phi) is 6.87. The Morgan fingerprint density at radius 2 is 1.81 bits per heavy atom. The maximum absolute atomic E-state index is 13.5. The molecule has 2 aromatic carbocycles. The van der Waals surface area contributed by atoms with Crippen molar-refractivity contribution in [1.29, 1.82) is 0 Å². The Morgan fingerprint density at radius 1 is 1.10 bits per heavy atom. The highest BCUT2D eigenvalue weighted by molar-refractivity contribution is 6.42. The van der Waals surface area contributed by atoms with Gasteiger partial charge in [0.15, 0.2) is 0 Å². The van der Waals surface area contributed by atoms with E-state index in [9.17, 15) is 23.1 Å². The molecule has 3 rings (SSSR count). The number of nitrogens with one attached hydrogen (secondary N) is 2. The topological polar surface area (TPSA) is 87.1 Å². The summed E-state index contributed by atoms with van der Waals surface area (Å²) in [5.74, 6) is -1.88. The van der Waals surface area contributed by atoms with Crippen LogP contribution in [0.5, 0.6) is 0 Å². The van der Waals surface area contributed by atoms with Gasteiger partial charge in [0, 0.05) is 11.9 Å². The molecule has 11 heteroatoms. The van der Waals surface area contributed by atoms with E-state index in [0.29, 0.717) is 22.5 Å². The zero-order valence-electron chi connectivity index (χ0n) is 15.6. The summed E-state index contributed by atoms with van der Waals surface area (Å²) in [5.41, 5.74) is -0.223. The number of aliphatic carboxylic acids is 1. The van der Waals surface area contributed by atoms with Crippen molar-refractivity contribution in [3.8, 4) is 0 Å². The summed E-state index contributed by atoms with van der Waals surface area (Å²) < 4.78 is 40.6. The number of nitrogens with zero attached hydrogens (tertiary/aromatic N) is 2. The zero-order chi connectivity index (χ0) is 22.6. The summed E-state index contributed by atoms with van der Waals surface area (Å²) in [4.78, 5) is 18.9. The van der Waals surface area contributed by atoms with Gasteiger partial charge in [0.2, 0.25) is 5.95 Å². The smallest absolute Gasteiger partial charge is 0.421 e. The van der Waals surface area contributed by atoms with Crippen molar-refractivity contribution < 1.29 is 23.1 Å². The zero-order valence-corrected chi connectivity index (χ0v) is 17.1. The summed E-state index contributed by atoms with van der Waals surface area (Å²) >= 11 is 11.8. The first-order chi connectivity index (χ1) is 14.6. The van der Waals surface area contributed by atoms with Gasteiger partial charge in [-0.15, -0.1) is 0 Å². The lowest BCUT2D eigenvalue weighted by atomic mass is 10.0. The lowest BCUT2D eigenvalue weighted by molar-refractivity contribution is -0.137. The highest BCUT2D eigenvalue weighted by Crippen LogP contribution is 2.36. The fraction of sp³-hybridized carbons (Fsp3) is 0.150. The van der Waals surface area contributed by atoms with E-state index in [4.69, 9.17) is 23.2 Å². The number of alkyl halides is 3. The van der Waals surface area contributed by atoms with Crippen LogP contribution in [0.3, 0.4) is 0 Å². The average Bonchev–Trinajstić information content (AvgIpc) is 2.70. The van der Waals surface area contributed by atoms with E-state index in [0.717, 1.165) is 0 Å². The molecule has 0 aliphatic carbocycles. The third-order valence-corrected chi connectivity index (χ3v) is 4.90. The van der Waals surface area contributed by atoms with Gasteiger partial charge in [0.05, 0.1) is 22.5 Å². The van der Waals surface area contributed by atoms with Crippen molar-refractivity contribution >= 4 is 46.6 Å². The second-order valence-electron chi connectivity index (χ2n) is 6.41. The molecule has 0 aliphatic heterocycles. The number of benzene rings is 2. The van der Waals surface area contributed by atoms with E-state index in [-0.39, 0.29) is 11.0 Å². The summed E-state index contributed by atoms with van der Waals surface area (Å²) in [6.07, 6.45) is -4.59. The van der Waals surface area contributed by atoms with E-state index in [1.54, 1.807) is 36.4 Å². The molecule has 31 heavy (non-hydrogen) atoms. The van der Waals surface area contributed by atoms with Crippen molar-refractivity contribution in [3.63, 3.8) is 0 Å². The number of carbonyl (C=O) groups is 1. The number of hydrogen-bond acceptors (Lipinski definition) is 5. The van der Waals surface area contributed by atoms with Crippen LogP contribution in [0.4, 0.5) is 30.6 Å². The van der Waals surface area contributed by atoms with Crippen LogP contribution in [-0.2, 0) is 11.0 Å². The largest absolute Gasteiger partial charge is 0.481 e. The maximum atomic E-state index is 13.5. The Morgan fingerprint density at radius 3 is 2.42 bits per heavy atom. The molecule has 0 spiro atoms. The van der Waals surface area contributed by atoms with Gasteiger partial charge in [0.1, 0.15) is 11.4 Å². The molecule has 0 fully saturated rings. The van der Waals surface area contributed by atoms with Crippen LogP contribution in [-0.4, -0.2) is 21.0 Å². The number of halogens is 5. The molecule has 1 unspecified atom stereocenters. The quantitative estimate of drug-likeness (QED) is 0.382. The second-order valence-corrected chi connectivity index (χ2v) is 7.23. The van der Waals surface area contributed by atoms with Crippen molar-refractivity contribution in [2.45, 2.75) is 18.6 Å². The van der Waals surface area contributed by atoms with E-state index < -0.39 is 36.0 Å². The number of aromatic nitrogens is 2. The Hall–Kier alpha value is -3.04. The third kappa shape index (κ3) is 5.99. The molecule has 3 N–H and O–H groups in total. The number of anilines is 3. The molecule has 6 nitrogen and oxygen atoms in total. The average molecular weight is 471 g/mol. The van der Waals surface area contributed by atoms with Crippen molar-refractivity contribution in [2.24, 2.45) is 0 Å². The highest BCUT2D eigenvalue weighted by atomic mass is 35.5. The minimum atomic E-state index is -4.76. The summed E-state index contributed by atoms with van der Waals surface area (Å²) in [7, 11) is 0. The molecule has 0 saturated heterocycles. The van der Waals surface area contributed by atoms with Crippen LogP contribution in [0.25, 0.3) is 0 Å². The van der Waals surface area contributed by atoms with Gasteiger partial charge in [-0.25, -0.2) is 4.98 Å². The number of carboxylic acid groups (broad SMARTS) is 1. The monoisotopic (exact) mass is 470 g/mol. The molecule has 0 saturated carbocycles. The molecule has 1 aromatic heterocycles. The van der Waals surface area contributed by atoms with E-state index in [2.05, 4.69) is 20.6 Å². The van der Waals surface area contributed by atoms with Crippen molar-refractivity contribution in [2.75, 3.05) is 10.6 Å². The molecule has 162 valence electrons. The Bertz CT molecular complexity index is 1080. The summed E-state index contributed by atoms with van der Waals surface area (Å²) in [6, 6.07) is 11.8. The first kappa shape index (κ1) is 22.6. The summed E-state index contributed by atoms with van der Waals surface area (Å²) in [5, 5.41) is 15.1. The number of hydrogen-bond donors (Lipinski definition) is 3. The first-order valence-electron chi connectivity index (χ1n) is 8.83. The van der Waals surface area contributed by atoms with Gasteiger partial charge in [-0.1, -0.05) is 53.5 Å². The SMILES string of the molecule is O=C(O)CC(Nc1nc(Nc2ccc(Cl)c(Cl)c2)ncc1C(F)(F)F)c1ccccc1. The van der Waals surface area contributed by atoms with Crippen molar-refractivity contribution in [3.05, 3.63) is 75.9 Å². The standard InChI is InChI=1S/C20H15Cl2F3N4O2/c21-14-7-6-12(8-15(14)22)27-19-26-10-13(20(23,24)25)18(29-19)28-16(9-17(30)31)11-4-2-1-3-5-11/h1-8,10,16H,9H2,(H,30,31)(H2,26,27,28,29).